The Kier molecular flexibility index (Phi) is 6.84. The molecule has 1 aliphatic rings. The van der Waals surface area contributed by atoms with Crippen molar-refractivity contribution < 1.29 is 13.9 Å². The van der Waals surface area contributed by atoms with Gasteiger partial charge in [0.2, 0.25) is 5.76 Å². The van der Waals surface area contributed by atoms with Gasteiger partial charge in [-0.15, -0.1) is 0 Å². The Bertz CT molecular complexity index is 1200. The van der Waals surface area contributed by atoms with Crippen molar-refractivity contribution in [1.29, 1.82) is 0 Å². The van der Waals surface area contributed by atoms with Gasteiger partial charge in [0.25, 0.3) is 5.91 Å². The molecule has 1 amide bonds. The zero-order valence-electron chi connectivity index (χ0n) is 19.9. The fraction of sp³-hybridized carbons (Fsp3) is 0.407. The first-order valence-corrected chi connectivity index (χ1v) is 11.8. The van der Waals surface area contributed by atoms with E-state index in [0.717, 1.165) is 42.9 Å². The summed E-state index contributed by atoms with van der Waals surface area (Å²) in [7, 11) is 0. The van der Waals surface area contributed by atoms with E-state index in [1.54, 1.807) is 11.0 Å². The summed E-state index contributed by atoms with van der Waals surface area (Å²) in [5.41, 5.74) is 2.62. The number of rotatable bonds is 9. The molecule has 174 valence electrons. The van der Waals surface area contributed by atoms with Gasteiger partial charge in [0, 0.05) is 6.54 Å². The summed E-state index contributed by atoms with van der Waals surface area (Å²) in [5.74, 6) is 0.709. The average molecular weight is 449 g/mol. The summed E-state index contributed by atoms with van der Waals surface area (Å²) in [6.45, 7) is 12.1. The first-order chi connectivity index (χ1) is 16.0. The fourth-order valence-corrected chi connectivity index (χ4v) is 4.63. The number of aryl methyl sites for hydroxylation is 1. The zero-order chi connectivity index (χ0) is 23.5. The Morgan fingerprint density at radius 2 is 1.76 bits per heavy atom. The monoisotopic (exact) mass is 448 g/mol. The molecule has 0 radical (unpaired) electrons. The third-order valence-corrected chi connectivity index (χ3v) is 6.40. The second-order valence-corrected chi connectivity index (χ2v) is 8.46. The third-order valence-electron chi connectivity index (χ3n) is 6.40. The van der Waals surface area contributed by atoms with Gasteiger partial charge in [-0.25, -0.2) is 0 Å². The van der Waals surface area contributed by atoms with Crippen LogP contribution in [-0.2, 0) is 0 Å². The predicted molar refractivity (Wildman–Crippen MR) is 130 cm³/mol. The van der Waals surface area contributed by atoms with Crippen molar-refractivity contribution in [3.8, 4) is 5.75 Å². The fourth-order valence-electron chi connectivity index (χ4n) is 4.63. The lowest BCUT2D eigenvalue weighted by atomic mass is 9.98. The van der Waals surface area contributed by atoms with Crippen molar-refractivity contribution in [2.75, 3.05) is 32.8 Å². The van der Waals surface area contributed by atoms with E-state index in [1.807, 2.05) is 50.2 Å². The second kappa shape index (κ2) is 9.79. The maximum absolute atomic E-state index is 13.6. The van der Waals surface area contributed by atoms with Crippen molar-refractivity contribution in [3.05, 3.63) is 75.1 Å². The molecule has 0 aliphatic carbocycles. The highest BCUT2D eigenvalue weighted by molar-refractivity contribution is 5.99. The number of benzene rings is 2. The Morgan fingerprint density at radius 1 is 1.03 bits per heavy atom. The molecule has 1 atom stereocenters. The van der Waals surface area contributed by atoms with Gasteiger partial charge in [0.05, 0.1) is 23.6 Å². The molecule has 3 aromatic rings. The van der Waals surface area contributed by atoms with Gasteiger partial charge in [0.1, 0.15) is 11.3 Å². The van der Waals surface area contributed by atoms with Crippen LogP contribution in [-0.4, -0.2) is 48.5 Å². The molecule has 0 saturated carbocycles. The molecule has 4 rings (SSSR count). The van der Waals surface area contributed by atoms with Crippen molar-refractivity contribution in [1.82, 2.24) is 9.80 Å². The molecule has 0 bridgehead atoms. The maximum Gasteiger partial charge on any atom is 0.290 e. The molecule has 33 heavy (non-hydrogen) atoms. The number of fused-ring (bicyclic) bond motifs is 2. The Balaban J connectivity index is 1.78. The summed E-state index contributed by atoms with van der Waals surface area (Å²) in [5, 5.41) is 0.516. The van der Waals surface area contributed by atoms with Gasteiger partial charge < -0.3 is 19.0 Å². The number of hydrogen-bond donors (Lipinski definition) is 0. The second-order valence-electron chi connectivity index (χ2n) is 8.46. The lowest BCUT2D eigenvalue weighted by Crippen LogP contribution is -2.33. The number of amides is 1. The van der Waals surface area contributed by atoms with Gasteiger partial charge in [-0.05, 0) is 69.7 Å². The molecular weight excluding hydrogens is 416 g/mol. The number of ether oxygens (including phenoxy) is 1. The number of carbonyl (C=O) groups excluding carboxylic acids is 1. The van der Waals surface area contributed by atoms with Crippen molar-refractivity contribution in [2.45, 2.75) is 40.2 Å². The van der Waals surface area contributed by atoms with Gasteiger partial charge in [-0.2, -0.15) is 0 Å². The zero-order valence-corrected chi connectivity index (χ0v) is 19.9. The topological polar surface area (TPSA) is 63.0 Å². The van der Waals surface area contributed by atoms with Crippen LogP contribution in [0.2, 0.25) is 0 Å². The lowest BCUT2D eigenvalue weighted by Gasteiger charge is -2.26. The molecule has 6 heteroatoms. The van der Waals surface area contributed by atoms with E-state index in [9.17, 15) is 9.59 Å². The van der Waals surface area contributed by atoms with Crippen molar-refractivity contribution in [3.63, 3.8) is 0 Å². The Hall–Kier alpha value is -3.12. The molecule has 1 aromatic heterocycles. The maximum atomic E-state index is 13.6. The van der Waals surface area contributed by atoms with Crippen LogP contribution in [0.15, 0.2) is 51.7 Å². The van der Waals surface area contributed by atoms with Crippen LogP contribution in [0.3, 0.4) is 0 Å². The molecule has 0 saturated heterocycles. The van der Waals surface area contributed by atoms with Crippen LogP contribution >= 0.6 is 0 Å². The van der Waals surface area contributed by atoms with E-state index < -0.39 is 6.04 Å². The van der Waals surface area contributed by atoms with Crippen LogP contribution in [0.5, 0.6) is 5.75 Å². The molecule has 0 N–H and O–H groups in total. The number of nitrogens with zero attached hydrogens (tertiary/aromatic N) is 2. The van der Waals surface area contributed by atoms with E-state index in [1.165, 1.54) is 0 Å². The van der Waals surface area contributed by atoms with Gasteiger partial charge in [0.15, 0.2) is 5.43 Å². The normalized spacial score (nSPS) is 15.5. The number of carbonyl (C=O) groups is 1. The molecular formula is C27H32N2O4. The van der Waals surface area contributed by atoms with Crippen molar-refractivity contribution >= 4 is 16.9 Å². The van der Waals surface area contributed by atoms with Crippen LogP contribution < -0.4 is 10.2 Å². The molecule has 0 fully saturated rings. The Labute approximate surface area is 194 Å². The highest BCUT2D eigenvalue weighted by Crippen LogP contribution is 2.38. The van der Waals surface area contributed by atoms with E-state index in [4.69, 9.17) is 9.15 Å². The van der Waals surface area contributed by atoms with Crippen LogP contribution in [0.4, 0.5) is 0 Å². The van der Waals surface area contributed by atoms with Crippen LogP contribution in [0.1, 0.15) is 60.5 Å². The van der Waals surface area contributed by atoms with E-state index in [2.05, 4.69) is 18.7 Å². The van der Waals surface area contributed by atoms with Gasteiger partial charge >= 0.3 is 0 Å². The molecule has 1 aliphatic heterocycles. The standard InChI is InChI=1S/C27H32N2O4/c1-5-28(6-2)15-8-16-29-24(19-10-12-20(13-11-19)32-7-3)23-25(30)21-17-18(4)9-14-22(21)33-26(23)27(29)31/h9-14,17,24H,5-8,15-16H2,1-4H3/t24-/m1/s1. The highest BCUT2D eigenvalue weighted by Gasteiger charge is 2.42. The minimum absolute atomic E-state index is 0.131. The SMILES string of the molecule is CCOc1ccc([C@@H]2c3c(oc4ccc(C)cc4c3=O)C(=O)N2CCCN(CC)CC)cc1. The first kappa shape index (κ1) is 23.1. The smallest absolute Gasteiger partial charge is 0.290 e. The molecule has 0 unspecified atom stereocenters. The molecule has 2 aromatic carbocycles. The summed E-state index contributed by atoms with van der Waals surface area (Å²) in [6.07, 6.45) is 0.821. The largest absolute Gasteiger partial charge is 0.494 e. The minimum atomic E-state index is -0.471. The summed E-state index contributed by atoms with van der Waals surface area (Å²) < 4.78 is 11.6. The molecule has 0 spiro atoms. The molecule has 2 heterocycles. The predicted octanol–water partition coefficient (Wildman–Crippen LogP) is 4.78. The van der Waals surface area contributed by atoms with E-state index >= 15 is 0 Å². The molecule has 6 nitrogen and oxygen atoms in total. The van der Waals surface area contributed by atoms with E-state index in [-0.39, 0.29) is 17.1 Å². The average Bonchev–Trinajstić information content (AvgIpc) is 3.10. The number of hydrogen-bond acceptors (Lipinski definition) is 5. The third kappa shape index (κ3) is 4.40. The van der Waals surface area contributed by atoms with E-state index in [0.29, 0.717) is 29.7 Å². The summed E-state index contributed by atoms with van der Waals surface area (Å²) in [6, 6.07) is 12.7. The van der Waals surface area contributed by atoms with Crippen molar-refractivity contribution in [2.24, 2.45) is 0 Å². The minimum Gasteiger partial charge on any atom is -0.494 e. The van der Waals surface area contributed by atoms with Gasteiger partial charge in [-0.1, -0.05) is 37.6 Å². The van der Waals surface area contributed by atoms with Crippen LogP contribution in [0.25, 0.3) is 11.0 Å². The van der Waals surface area contributed by atoms with Gasteiger partial charge in [-0.3, -0.25) is 9.59 Å². The Morgan fingerprint density at radius 3 is 2.42 bits per heavy atom. The lowest BCUT2D eigenvalue weighted by molar-refractivity contribution is 0.0720. The summed E-state index contributed by atoms with van der Waals surface area (Å²) >= 11 is 0. The van der Waals surface area contributed by atoms with Crippen LogP contribution in [0, 0.1) is 6.92 Å². The summed E-state index contributed by atoms with van der Waals surface area (Å²) in [4.78, 5) is 31.2. The first-order valence-electron chi connectivity index (χ1n) is 11.8. The highest BCUT2D eigenvalue weighted by atomic mass is 16.5. The quantitative estimate of drug-likeness (QED) is 0.472.